The largest absolute Gasteiger partial charge is 0.465 e. The average Bonchev–Trinajstić information content (AvgIpc) is 2.85. The molecule has 0 aliphatic heterocycles. The number of carbonyl (C=O) groups excluding carboxylic acids is 1. The van der Waals surface area contributed by atoms with Crippen molar-refractivity contribution in [3.05, 3.63) is 58.5 Å². The number of rotatable bonds is 3. The summed E-state index contributed by atoms with van der Waals surface area (Å²) in [6.07, 6.45) is 2.96. The molecule has 0 aliphatic carbocycles. The van der Waals surface area contributed by atoms with E-state index in [0.29, 0.717) is 16.5 Å². The molecule has 0 spiro atoms. The molecule has 1 N–H and O–H groups in total. The third-order valence-electron chi connectivity index (χ3n) is 2.13. The van der Waals surface area contributed by atoms with Crippen molar-refractivity contribution in [2.45, 2.75) is 0 Å². The van der Waals surface area contributed by atoms with Crippen molar-refractivity contribution < 1.29 is 9.21 Å². The van der Waals surface area contributed by atoms with E-state index in [1.807, 2.05) is 0 Å². The molecule has 3 nitrogen and oxygen atoms in total. The van der Waals surface area contributed by atoms with Crippen molar-refractivity contribution in [3.63, 3.8) is 0 Å². The highest BCUT2D eigenvalue weighted by atomic mass is 35.5. The van der Waals surface area contributed by atoms with Gasteiger partial charge in [-0.3, -0.25) is 4.79 Å². The average molecular weight is 282 g/mol. The van der Waals surface area contributed by atoms with Gasteiger partial charge in [0.2, 0.25) is 0 Å². The first kappa shape index (κ1) is 12.7. The Morgan fingerprint density at radius 3 is 2.56 bits per heavy atom. The number of benzene rings is 1. The zero-order valence-electron chi connectivity index (χ0n) is 9.19. The van der Waals surface area contributed by atoms with Crippen LogP contribution < -0.4 is 5.32 Å². The van der Waals surface area contributed by atoms with Crippen LogP contribution in [-0.2, 0) is 4.79 Å². The summed E-state index contributed by atoms with van der Waals surface area (Å²) < 4.78 is 5.06. The smallest absolute Gasteiger partial charge is 0.267 e. The van der Waals surface area contributed by atoms with Gasteiger partial charge >= 0.3 is 0 Å². The van der Waals surface area contributed by atoms with Crippen molar-refractivity contribution in [1.29, 1.82) is 0 Å². The summed E-state index contributed by atoms with van der Waals surface area (Å²) >= 11 is 11.6. The number of nitrogens with one attached hydrogen (secondary N) is 1. The number of halogens is 2. The summed E-state index contributed by atoms with van der Waals surface area (Å²) in [6.45, 7) is 0. The molecule has 92 valence electrons. The first-order valence-electron chi connectivity index (χ1n) is 5.13. The molecule has 2 aromatic rings. The molecule has 0 radical (unpaired) electrons. The van der Waals surface area contributed by atoms with Gasteiger partial charge in [0.25, 0.3) is 5.91 Å². The fourth-order valence-corrected chi connectivity index (χ4v) is 1.57. The third kappa shape index (κ3) is 3.39. The summed E-state index contributed by atoms with van der Waals surface area (Å²) in [6, 6.07) is 10.2. The van der Waals surface area contributed by atoms with Crippen molar-refractivity contribution in [3.8, 4) is 0 Å². The van der Waals surface area contributed by atoms with Crippen LogP contribution in [0.25, 0.3) is 6.08 Å². The molecule has 1 amide bonds. The SMILES string of the molecule is O=C(Nc1ccc(Cl)cc1)/C(Cl)=C/c1ccco1. The van der Waals surface area contributed by atoms with Gasteiger partial charge < -0.3 is 9.73 Å². The highest BCUT2D eigenvalue weighted by Crippen LogP contribution is 2.16. The van der Waals surface area contributed by atoms with E-state index in [1.165, 1.54) is 12.3 Å². The molecule has 5 heteroatoms. The van der Waals surface area contributed by atoms with E-state index in [9.17, 15) is 4.79 Å². The lowest BCUT2D eigenvalue weighted by atomic mass is 10.3. The molecule has 1 heterocycles. The lowest BCUT2D eigenvalue weighted by molar-refractivity contribution is -0.112. The van der Waals surface area contributed by atoms with Gasteiger partial charge in [-0.05, 0) is 36.4 Å². The summed E-state index contributed by atoms with van der Waals surface area (Å²) in [5, 5.41) is 3.29. The highest BCUT2D eigenvalue weighted by Gasteiger charge is 2.07. The molecule has 0 bridgehead atoms. The van der Waals surface area contributed by atoms with Crippen LogP contribution in [0.3, 0.4) is 0 Å². The lowest BCUT2D eigenvalue weighted by Crippen LogP contribution is -2.11. The number of amides is 1. The molecule has 2 rings (SSSR count). The zero-order chi connectivity index (χ0) is 13.0. The minimum absolute atomic E-state index is 0.0416. The van der Waals surface area contributed by atoms with Crippen LogP contribution in [0.2, 0.25) is 5.02 Å². The first-order chi connectivity index (χ1) is 8.65. The Labute approximate surface area is 114 Å². The number of furan rings is 1. The maximum absolute atomic E-state index is 11.7. The second-order valence-corrected chi connectivity index (χ2v) is 4.31. The van der Waals surface area contributed by atoms with E-state index >= 15 is 0 Å². The molecule has 0 saturated heterocycles. The van der Waals surface area contributed by atoms with Gasteiger partial charge in [-0.1, -0.05) is 23.2 Å². The van der Waals surface area contributed by atoms with Gasteiger partial charge in [-0.2, -0.15) is 0 Å². The quantitative estimate of drug-likeness (QED) is 0.859. The zero-order valence-corrected chi connectivity index (χ0v) is 10.7. The Balaban J connectivity index is 2.06. The molecule has 0 saturated carbocycles. The Kier molecular flexibility index (Phi) is 4.07. The summed E-state index contributed by atoms with van der Waals surface area (Å²) in [5.74, 6) is 0.113. The molecule has 0 atom stereocenters. The second-order valence-electron chi connectivity index (χ2n) is 3.47. The Morgan fingerprint density at radius 2 is 1.94 bits per heavy atom. The predicted octanol–water partition coefficient (Wildman–Crippen LogP) is 4.15. The van der Waals surface area contributed by atoms with Crippen molar-refractivity contribution >= 4 is 40.9 Å². The van der Waals surface area contributed by atoms with Gasteiger partial charge in [0.05, 0.1) is 6.26 Å². The first-order valence-corrected chi connectivity index (χ1v) is 5.88. The lowest BCUT2D eigenvalue weighted by Gasteiger charge is -2.03. The Bertz CT molecular complexity index is 559. The third-order valence-corrected chi connectivity index (χ3v) is 2.66. The molecule has 18 heavy (non-hydrogen) atoms. The monoisotopic (exact) mass is 281 g/mol. The van der Waals surface area contributed by atoms with Gasteiger partial charge in [-0.15, -0.1) is 0 Å². The number of hydrogen-bond acceptors (Lipinski definition) is 2. The Hall–Kier alpha value is -1.71. The molecular formula is C13H9Cl2NO2. The maximum atomic E-state index is 11.7. The summed E-state index contributed by atoms with van der Waals surface area (Å²) in [5.41, 5.74) is 0.621. The minimum Gasteiger partial charge on any atom is -0.465 e. The van der Waals surface area contributed by atoms with Crippen LogP contribution in [0.5, 0.6) is 0 Å². The number of anilines is 1. The van der Waals surface area contributed by atoms with E-state index in [0.717, 1.165) is 0 Å². The fraction of sp³-hybridized carbons (Fsp3) is 0. The minimum atomic E-state index is -0.407. The Morgan fingerprint density at radius 1 is 1.22 bits per heavy atom. The topological polar surface area (TPSA) is 42.2 Å². The van der Waals surface area contributed by atoms with Crippen LogP contribution in [0, 0.1) is 0 Å². The van der Waals surface area contributed by atoms with E-state index in [4.69, 9.17) is 27.6 Å². The standard InChI is InChI=1S/C13H9Cl2NO2/c14-9-3-5-10(6-4-9)16-13(17)12(15)8-11-2-1-7-18-11/h1-8H,(H,16,17)/b12-8-. The molecule has 0 unspecified atom stereocenters. The summed E-state index contributed by atoms with van der Waals surface area (Å²) in [7, 11) is 0. The van der Waals surface area contributed by atoms with Crippen LogP contribution in [0.1, 0.15) is 5.76 Å². The van der Waals surface area contributed by atoms with Crippen LogP contribution >= 0.6 is 23.2 Å². The van der Waals surface area contributed by atoms with Crippen LogP contribution in [0.15, 0.2) is 52.1 Å². The normalized spacial score (nSPS) is 11.3. The maximum Gasteiger partial charge on any atom is 0.267 e. The fourth-order valence-electron chi connectivity index (χ4n) is 1.29. The van der Waals surface area contributed by atoms with E-state index in [-0.39, 0.29) is 5.03 Å². The molecular weight excluding hydrogens is 273 g/mol. The van der Waals surface area contributed by atoms with Crippen molar-refractivity contribution in [2.24, 2.45) is 0 Å². The van der Waals surface area contributed by atoms with E-state index in [2.05, 4.69) is 5.32 Å². The van der Waals surface area contributed by atoms with Crippen LogP contribution in [-0.4, -0.2) is 5.91 Å². The van der Waals surface area contributed by atoms with Crippen molar-refractivity contribution in [1.82, 2.24) is 0 Å². The van der Waals surface area contributed by atoms with E-state index in [1.54, 1.807) is 36.4 Å². The van der Waals surface area contributed by atoms with Crippen molar-refractivity contribution in [2.75, 3.05) is 5.32 Å². The van der Waals surface area contributed by atoms with Crippen LogP contribution in [0.4, 0.5) is 5.69 Å². The number of carbonyl (C=O) groups is 1. The summed E-state index contributed by atoms with van der Waals surface area (Å²) in [4.78, 5) is 11.7. The molecule has 1 aromatic heterocycles. The van der Waals surface area contributed by atoms with Gasteiger partial charge in [0.1, 0.15) is 10.8 Å². The van der Waals surface area contributed by atoms with Gasteiger partial charge in [0.15, 0.2) is 0 Å². The highest BCUT2D eigenvalue weighted by molar-refractivity contribution is 6.45. The second kappa shape index (κ2) is 5.76. The number of hydrogen-bond donors (Lipinski definition) is 1. The van der Waals surface area contributed by atoms with Gasteiger partial charge in [0, 0.05) is 16.8 Å². The van der Waals surface area contributed by atoms with Gasteiger partial charge in [-0.25, -0.2) is 0 Å². The molecule has 0 fully saturated rings. The molecule has 1 aromatic carbocycles. The predicted molar refractivity (Wildman–Crippen MR) is 72.6 cm³/mol. The molecule has 0 aliphatic rings. The van der Waals surface area contributed by atoms with E-state index < -0.39 is 5.91 Å².